The van der Waals surface area contributed by atoms with E-state index in [2.05, 4.69) is 49.5 Å². The quantitative estimate of drug-likeness (QED) is 0.219. The van der Waals surface area contributed by atoms with Crippen LogP contribution in [0.25, 0.3) is 0 Å². The molecule has 0 spiro atoms. The van der Waals surface area contributed by atoms with Crippen LogP contribution in [0.2, 0.25) is 18.6 Å². The lowest BCUT2D eigenvalue weighted by Gasteiger charge is -2.44. The van der Waals surface area contributed by atoms with Crippen LogP contribution in [0.1, 0.15) is 57.8 Å². The molecule has 2 unspecified atom stereocenters. The number of hydrogen-bond acceptors (Lipinski definition) is 5. The van der Waals surface area contributed by atoms with Gasteiger partial charge >= 0.3 is 5.97 Å². The molecule has 1 aromatic rings. The Balaban J connectivity index is 1.54. The monoisotopic (exact) mass is 500 g/mol. The van der Waals surface area contributed by atoms with Crippen LogP contribution < -0.4 is 5.19 Å². The van der Waals surface area contributed by atoms with Crippen molar-refractivity contribution in [2.45, 2.75) is 88.8 Å². The fraction of sp³-hybridized carbons (Fsp3) is 0.690. The van der Waals surface area contributed by atoms with E-state index in [1.165, 1.54) is 12.3 Å². The molecule has 6 atom stereocenters. The molecule has 6 heteroatoms. The lowest BCUT2D eigenvalue weighted by atomic mass is 9.75. The van der Waals surface area contributed by atoms with Gasteiger partial charge in [-0.1, -0.05) is 60.3 Å². The summed E-state index contributed by atoms with van der Waals surface area (Å²) >= 11 is 0. The molecule has 2 saturated carbocycles. The second-order valence-electron chi connectivity index (χ2n) is 11.3. The number of fused-ring (bicyclic) bond motifs is 1. The summed E-state index contributed by atoms with van der Waals surface area (Å²) in [7, 11) is -0.345. The highest BCUT2D eigenvalue weighted by atomic mass is 28.3. The first-order chi connectivity index (χ1) is 16.9. The van der Waals surface area contributed by atoms with Gasteiger partial charge in [-0.15, -0.1) is 0 Å². The molecular formula is C29H44O5Si. The molecule has 35 heavy (non-hydrogen) atoms. The molecule has 1 aliphatic heterocycles. The van der Waals surface area contributed by atoms with Crippen molar-refractivity contribution in [1.82, 2.24) is 0 Å². The van der Waals surface area contributed by atoms with Crippen molar-refractivity contribution in [3.63, 3.8) is 0 Å². The van der Waals surface area contributed by atoms with Crippen molar-refractivity contribution in [1.29, 1.82) is 0 Å². The molecule has 1 heterocycles. The Morgan fingerprint density at radius 1 is 1.20 bits per heavy atom. The van der Waals surface area contributed by atoms with Crippen LogP contribution in [0.3, 0.4) is 0 Å². The molecule has 0 amide bonds. The SMILES string of the molecule is COC(=O)CCCC=C1C[C@@H]2C[C@@H](OC3CCCCO3)[C@@H](CO)[C@@H]2CC1[Si](C)(C)c1ccccc1. The number of aliphatic hydroxyl groups excluding tert-OH is 1. The number of rotatable bonds is 9. The number of carbonyl (C=O) groups excluding carboxylic acids is 1. The Hall–Kier alpha value is -1.47. The number of benzene rings is 1. The molecule has 1 N–H and O–H groups in total. The highest BCUT2D eigenvalue weighted by molar-refractivity contribution is 6.91. The number of hydrogen-bond donors (Lipinski definition) is 1. The summed E-state index contributed by atoms with van der Waals surface area (Å²) in [5.41, 5.74) is 2.10. The highest BCUT2D eigenvalue weighted by Crippen LogP contribution is 2.55. The minimum Gasteiger partial charge on any atom is -0.469 e. The first-order valence-electron chi connectivity index (χ1n) is 13.6. The predicted molar refractivity (Wildman–Crippen MR) is 141 cm³/mol. The summed E-state index contributed by atoms with van der Waals surface area (Å²) in [6.45, 7) is 5.98. The van der Waals surface area contributed by atoms with Gasteiger partial charge in [0.2, 0.25) is 0 Å². The van der Waals surface area contributed by atoms with E-state index in [1.807, 2.05) is 0 Å². The van der Waals surface area contributed by atoms with Crippen LogP contribution >= 0.6 is 0 Å². The van der Waals surface area contributed by atoms with Crippen molar-refractivity contribution >= 4 is 19.2 Å². The minimum absolute atomic E-state index is 0.0823. The summed E-state index contributed by atoms with van der Waals surface area (Å²) in [4.78, 5) is 11.6. The smallest absolute Gasteiger partial charge is 0.305 e. The fourth-order valence-corrected chi connectivity index (χ4v) is 10.3. The molecule has 1 aromatic carbocycles. The zero-order valence-corrected chi connectivity index (χ0v) is 22.8. The average molecular weight is 501 g/mol. The summed E-state index contributed by atoms with van der Waals surface area (Å²) in [6, 6.07) is 11.0. The number of esters is 1. The van der Waals surface area contributed by atoms with Gasteiger partial charge in [-0.3, -0.25) is 4.79 Å². The van der Waals surface area contributed by atoms with E-state index in [9.17, 15) is 9.90 Å². The molecular weight excluding hydrogens is 456 g/mol. The predicted octanol–water partition coefficient (Wildman–Crippen LogP) is 5.19. The standard InChI is InChI=1S/C29H44O5Si/c1-32-28(31)14-8-7-11-21-17-22-18-26(34-29-15-9-10-16-33-29)25(20-30)24(22)19-27(21)35(2,3)23-12-5-4-6-13-23/h4-6,11-13,22,24-27,29-30H,7-10,14-20H2,1-3H3/t22-,24-,25+,26-,27?,29?/m1/s1. The molecule has 194 valence electrons. The Kier molecular flexibility index (Phi) is 9.25. The largest absolute Gasteiger partial charge is 0.469 e. The van der Waals surface area contributed by atoms with E-state index in [4.69, 9.17) is 14.2 Å². The minimum atomic E-state index is -1.80. The van der Waals surface area contributed by atoms with Gasteiger partial charge in [-0.05, 0) is 68.7 Å². The van der Waals surface area contributed by atoms with Crippen molar-refractivity contribution < 1.29 is 24.1 Å². The first-order valence-corrected chi connectivity index (χ1v) is 16.7. The zero-order valence-electron chi connectivity index (χ0n) is 21.8. The zero-order chi connectivity index (χ0) is 24.8. The number of carbonyl (C=O) groups is 1. The van der Waals surface area contributed by atoms with Crippen LogP contribution in [-0.2, 0) is 19.0 Å². The Labute approximate surface area is 212 Å². The maximum atomic E-state index is 11.6. The molecule has 0 radical (unpaired) electrons. The Morgan fingerprint density at radius 3 is 2.69 bits per heavy atom. The number of unbranched alkanes of at least 4 members (excludes halogenated alkanes) is 1. The third kappa shape index (κ3) is 6.27. The second kappa shape index (κ2) is 12.2. The summed E-state index contributed by atoms with van der Waals surface area (Å²) < 4.78 is 17.2. The van der Waals surface area contributed by atoms with Gasteiger partial charge in [0.15, 0.2) is 6.29 Å². The fourth-order valence-electron chi connectivity index (χ4n) is 6.86. The Bertz CT molecular complexity index is 848. The average Bonchev–Trinajstić information content (AvgIpc) is 3.22. The Morgan fingerprint density at radius 2 is 2.00 bits per heavy atom. The van der Waals surface area contributed by atoms with Crippen molar-refractivity contribution in [2.24, 2.45) is 17.8 Å². The van der Waals surface area contributed by atoms with Crippen LogP contribution in [-0.4, -0.2) is 51.9 Å². The normalized spacial score (nSPS) is 32.4. The van der Waals surface area contributed by atoms with Crippen LogP contribution in [0.5, 0.6) is 0 Å². The summed E-state index contributed by atoms with van der Waals surface area (Å²) in [6.07, 6.45) is 11.1. The van der Waals surface area contributed by atoms with Crippen molar-refractivity contribution in [3.8, 4) is 0 Å². The molecule has 5 nitrogen and oxygen atoms in total. The topological polar surface area (TPSA) is 65.0 Å². The number of methoxy groups -OCH3 is 1. The highest BCUT2D eigenvalue weighted by Gasteiger charge is 2.51. The van der Waals surface area contributed by atoms with E-state index in [0.29, 0.717) is 23.8 Å². The van der Waals surface area contributed by atoms with Crippen molar-refractivity contribution in [3.05, 3.63) is 42.0 Å². The van der Waals surface area contributed by atoms with E-state index in [0.717, 1.165) is 58.0 Å². The van der Waals surface area contributed by atoms with Crippen LogP contribution in [0.4, 0.5) is 0 Å². The molecule has 2 aliphatic carbocycles. The summed E-state index contributed by atoms with van der Waals surface area (Å²) in [5.74, 6) is 1.09. The maximum Gasteiger partial charge on any atom is 0.305 e. The van der Waals surface area contributed by atoms with Gasteiger partial charge < -0.3 is 19.3 Å². The number of ether oxygens (including phenoxy) is 3. The summed E-state index contributed by atoms with van der Waals surface area (Å²) in [5, 5.41) is 11.9. The van der Waals surface area contributed by atoms with Gasteiger partial charge in [0.25, 0.3) is 0 Å². The van der Waals surface area contributed by atoms with Gasteiger partial charge in [-0.2, -0.15) is 0 Å². The molecule has 3 fully saturated rings. The number of allylic oxidation sites excluding steroid dienone is 2. The van der Waals surface area contributed by atoms with Crippen LogP contribution in [0, 0.1) is 17.8 Å². The van der Waals surface area contributed by atoms with Crippen molar-refractivity contribution in [2.75, 3.05) is 20.3 Å². The van der Waals surface area contributed by atoms with Gasteiger partial charge in [-0.25, -0.2) is 0 Å². The lowest BCUT2D eigenvalue weighted by molar-refractivity contribution is -0.198. The molecule has 3 aliphatic rings. The maximum absolute atomic E-state index is 11.6. The molecule has 0 aromatic heterocycles. The van der Waals surface area contributed by atoms with Gasteiger partial charge in [0, 0.05) is 25.6 Å². The van der Waals surface area contributed by atoms with E-state index in [-0.39, 0.29) is 30.9 Å². The molecule has 4 rings (SSSR count). The van der Waals surface area contributed by atoms with E-state index < -0.39 is 8.07 Å². The van der Waals surface area contributed by atoms with E-state index >= 15 is 0 Å². The molecule has 0 bridgehead atoms. The third-order valence-electron chi connectivity index (χ3n) is 8.90. The molecule has 1 saturated heterocycles. The number of aliphatic hydroxyl groups is 1. The van der Waals surface area contributed by atoms with Gasteiger partial charge in [0.1, 0.15) is 0 Å². The second-order valence-corrected chi connectivity index (χ2v) is 16.0. The van der Waals surface area contributed by atoms with E-state index in [1.54, 1.807) is 5.57 Å². The van der Waals surface area contributed by atoms with Crippen LogP contribution in [0.15, 0.2) is 42.0 Å². The third-order valence-corrected chi connectivity index (χ3v) is 13.1. The lowest BCUT2D eigenvalue weighted by Crippen LogP contribution is -2.49. The van der Waals surface area contributed by atoms with Gasteiger partial charge in [0.05, 0.1) is 21.3 Å². The first kappa shape index (κ1) is 26.6.